The molecule has 3 nitrogen and oxygen atoms in total. The number of rotatable bonds is 3. The molecule has 1 N–H and O–H groups in total. The summed E-state index contributed by atoms with van der Waals surface area (Å²) in [6.07, 6.45) is 1.07. The fourth-order valence-corrected chi connectivity index (χ4v) is 1.61. The molecule has 0 aliphatic carbocycles. The van der Waals surface area contributed by atoms with Crippen molar-refractivity contribution < 1.29 is 9.84 Å². The molecule has 0 aliphatic heterocycles. The molecule has 0 spiro atoms. The highest BCUT2D eigenvalue weighted by atomic mass is 16.5. The van der Waals surface area contributed by atoms with Gasteiger partial charge in [0, 0.05) is 0 Å². The van der Waals surface area contributed by atoms with Gasteiger partial charge < -0.3 is 9.84 Å². The highest BCUT2D eigenvalue weighted by Gasteiger charge is 2.03. The van der Waals surface area contributed by atoms with E-state index in [2.05, 4.69) is 18.8 Å². The number of hydrogen-bond acceptors (Lipinski definition) is 3. The Morgan fingerprint density at radius 1 is 1.06 bits per heavy atom. The van der Waals surface area contributed by atoms with Gasteiger partial charge in [-0.1, -0.05) is 6.07 Å². The minimum atomic E-state index is -0.555. The standard InChI is InChI=1S/C15H17NO2/c1-10-4-5-13(8-11(10)2)18-14-6-7-15(12(3)17)16-9-14/h4-9,12,17H,1-3H3/t12-/m1/s1. The number of ether oxygens (including phenoxy) is 1. The zero-order valence-corrected chi connectivity index (χ0v) is 10.8. The maximum Gasteiger partial charge on any atom is 0.145 e. The lowest BCUT2D eigenvalue weighted by atomic mass is 10.1. The lowest BCUT2D eigenvalue weighted by molar-refractivity contribution is 0.194. The van der Waals surface area contributed by atoms with Crippen molar-refractivity contribution >= 4 is 0 Å². The number of hydrogen-bond donors (Lipinski definition) is 1. The summed E-state index contributed by atoms with van der Waals surface area (Å²) in [5.41, 5.74) is 3.08. The molecular weight excluding hydrogens is 226 g/mol. The third kappa shape index (κ3) is 2.87. The topological polar surface area (TPSA) is 42.4 Å². The molecule has 0 saturated carbocycles. The molecule has 1 atom stereocenters. The molecule has 3 heteroatoms. The molecule has 1 heterocycles. The Hall–Kier alpha value is -1.87. The Labute approximate surface area is 107 Å². The van der Waals surface area contributed by atoms with Crippen molar-refractivity contribution in [1.29, 1.82) is 0 Å². The molecule has 0 fully saturated rings. The van der Waals surface area contributed by atoms with Crippen LogP contribution < -0.4 is 4.74 Å². The molecule has 18 heavy (non-hydrogen) atoms. The number of nitrogens with zero attached hydrogens (tertiary/aromatic N) is 1. The van der Waals surface area contributed by atoms with Gasteiger partial charge in [-0.05, 0) is 56.2 Å². The summed E-state index contributed by atoms with van der Waals surface area (Å²) in [7, 11) is 0. The molecule has 0 radical (unpaired) electrons. The van der Waals surface area contributed by atoms with Crippen molar-refractivity contribution in [3.8, 4) is 11.5 Å². The fraction of sp³-hybridized carbons (Fsp3) is 0.267. The van der Waals surface area contributed by atoms with Crippen molar-refractivity contribution in [1.82, 2.24) is 4.98 Å². The second-order valence-electron chi connectivity index (χ2n) is 4.44. The van der Waals surface area contributed by atoms with Gasteiger partial charge in [0.1, 0.15) is 11.5 Å². The van der Waals surface area contributed by atoms with Crippen molar-refractivity contribution in [3.05, 3.63) is 53.3 Å². The minimum absolute atomic E-state index is 0.555. The van der Waals surface area contributed by atoms with Crippen molar-refractivity contribution in [3.63, 3.8) is 0 Å². The molecule has 94 valence electrons. The van der Waals surface area contributed by atoms with Crippen LogP contribution in [-0.2, 0) is 0 Å². The van der Waals surface area contributed by atoms with Gasteiger partial charge in [0.15, 0.2) is 0 Å². The molecule has 2 aromatic rings. The molecule has 0 bridgehead atoms. The van der Waals surface area contributed by atoms with E-state index in [-0.39, 0.29) is 0 Å². The first-order valence-electron chi connectivity index (χ1n) is 5.95. The van der Waals surface area contributed by atoms with Crippen LogP contribution in [0.25, 0.3) is 0 Å². The van der Waals surface area contributed by atoms with E-state index in [4.69, 9.17) is 4.74 Å². The van der Waals surface area contributed by atoms with Crippen LogP contribution in [0.1, 0.15) is 29.8 Å². The van der Waals surface area contributed by atoms with Crippen molar-refractivity contribution in [2.24, 2.45) is 0 Å². The largest absolute Gasteiger partial charge is 0.456 e. The Bertz CT molecular complexity index is 533. The highest BCUT2D eigenvalue weighted by Crippen LogP contribution is 2.23. The Kier molecular flexibility index (Phi) is 3.63. The molecule has 2 rings (SSSR count). The van der Waals surface area contributed by atoms with Gasteiger partial charge >= 0.3 is 0 Å². The normalized spacial score (nSPS) is 12.2. The van der Waals surface area contributed by atoms with E-state index in [9.17, 15) is 5.11 Å². The Morgan fingerprint density at radius 2 is 1.78 bits per heavy atom. The lowest BCUT2D eigenvalue weighted by Gasteiger charge is -2.09. The number of aliphatic hydroxyl groups is 1. The van der Waals surface area contributed by atoms with Crippen LogP contribution in [0.4, 0.5) is 0 Å². The molecule has 0 unspecified atom stereocenters. The number of benzene rings is 1. The van der Waals surface area contributed by atoms with E-state index in [1.807, 2.05) is 24.3 Å². The number of aliphatic hydroxyl groups excluding tert-OH is 1. The van der Waals surface area contributed by atoms with E-state index in [0.29, 0.717) is 11.4 Å². The summed E-state index contributed by atoms with van der Waals surface area (Å²) in [5.74, 6) is 1.47. The van der Waals surface area contributed by atoms with Crippen molar-refractivity contribution in [2.75, 3.05) is 0 Å². The summed E-state index contributed by atoms with van der Waals surface area (Å²) in [4.78, 5) is 4.14. The van der Waals surface area contributed by atoms with Crippen LogP contribution in [0.2, 0.25) is 0 Å². The molecule has 1 aromatic carbocycles. The third-order valence-electron chi connectivity index (χ3n) is 2.90. The summed E-state index contributed by atoms with van der Waals surface area (Å²) < 4.78 is 5.70. The minimum Gasteiger partial charge on any atom is -0.456 e. The van der Waals surface area contributed by atoms with Gasteiger partial charge in [-0.3, -0.25) is 4.98 Å². The van der Waals surface area contributed by atoms with Crippen LogP contribution in [0.5, 0.6) is 11.5 Å². The van der Waals surface area contributed by atoms with E-state index >= 15 is 0 Å². The number of aryl methyl sites for hydroxylation is 2. The lowest BCUT2D eigenvalue weighted by Crippen LogP contribution is -1.95. The van der Waals surface area contributed by atoms with Gasteiger partial charge in [-0.15, -0.1) is 0 Å². The monoisotopic (exact) mass is 243 g/mol. The summed E-state index contributed by atoms with van der Waals surface area (Å²) in [5, 5.41) is 9.37. The highest BCUT2D eigenvalue weighted by molar-refractivity contribution is 5.36. The molecule has 1 aromatic heterocycles. The summed E-state index contributed by atoms with van der Waals surface area (Å²) in [6, 6.07) is 9.54. The van der Waals surface area contributed by atoms with Gasteiger partial charge in [0.25, 0.3) is 0 Å². The second kappa shape index (κ2) is 5.19. The average Bonchev–Trinajstić information content (AvgIpc) is 2.34. The van der Waals surface area contributed by atoms with E-state index < -0.39 is 6.10 Å². The van der Waals surface area contributed by atoms with Gasteiger partial charge in [-0.25, -0.2) is 0 Å². The molecule has 0 amide bonds. The fourth-order valence-electron chi connectivity index (χ4n) is 1.61. The summed E-state index contributed by atoms with van der Waals surface area (Å²) >= 11 is 0. The van der Waals surface area contributed by atoms with Gasteiger partial charge in [0.2, 0.25) is 0 Å². The predicted octanol–water partition coefficient (Wildman–Crippen LogP) is 3.54. The smallest absolute Gasteiger partial charge is 0.145 e. The SMILES string of the molecule is Cc1ccc(Oc2ccc([C@@H](C)O)nc2)cc1C. The first-order valence-corrected chi connectivity index (χ1v) is 5.95. The zero-order chi connectivity index (χ0) is 13.1. The van der Waals surface area contributed by atoms with Crippen LogP contribution in [0.15, 0.2) is 36.5 Å². The van der Waals surface area contributed by atoms with Crippen LogP contribution >= 0.6 is 0 Å². The zero-order valence-electron chi connectivity index (χ0n) is 10.8. The predicted molar refractivity (Wildman–Crippen MR) is 70.9 cm³/mol. The first-order chi connectivity index (χ1) is 8.56. The van der Waals surface area contributed by atoms with E-state index in [0.717, 1.165) is 5.75 Å². The molecule has 0 aliphatic rings. The van der Waals surface area contributed by atoms with Crippen LogP contribution in [0.3, 0.4) is 0 Å². The quantitative estimate of drug-likeness (QED) is 0.896. The maximum atomic E-state index is 9.37. The third-order valence-corrected chi connectivity index (χ3v) is 2.90. The average molecular weight is 243 g/mol. The van der Waals surface area contributed by atoms with E-state index in [1.165, 1.54) is 11.1 Å². The Morgan fingerprint density at radius 3 is 2.33 bits per heavy atom. The van der Waals surface area contributed by atoms with Crippen LogP contribution in [0, 0.1) is 13.8 Å². The van der Waals surface area contributed by atoms with Gasteiger partial charge in [-0.2, -0.15) is 0 Å². The van der Waals surface area contributed by atoms with Crippen molar-refractivity contribution in [2.45, 2.75) is 26.9 Å². The van der Waals surface area contributed by atoms with E-state index in [1.54, 1.807) is 19.2 Å². The maximum absolute atomic E-state index is 9.37. The van der Waals surface area contributed by atoms with Crippen LogP contribution in [-0.4, -0.2) is 10.1 Å². The Balaban J connectivity index is 2.15. The number of aromatic nitrogens is 1. The molecule has 0 saturated heterocycles. The molecular formula is C15H17NO2. The first kappa shape index (κ1) is 12.6. The van der Waals surface area contributed by atoms with Gasteiger partial charge in [0.05, 0.1) is 18.0 Å². The second-order valence-corrected chi connectivity index (χ2v) is 4.44. The number of pyridine rings is 1. The summed E-state index contributed by atoms with van der Waals surface area (Å²) in [6.45, 7) is 5.81.